The molecular weight excluding hydrogens is 318 g/mol. The maximum absolute atomic E-state index is 11.7. The van der Waals surface area contributed by atoms with E-state index in [1.54, 1.807) is 12.1 Å². The van der Waals surface area contributed by atoms with Gasteiger partial charge in [0.1, 0.15) is 9.90 Å². The largest absolute Gasteiger partial charge is 0.382 e. The second-order valence-corrected chi connectivity index (χ2v) is 7.58. The van der Waals surface area contributed by atoms with Crippen LogP contribution in [-0.2, 0) is 9.84 Å². The lowest BCUT2D eigenvalue weighted by atomic mass is 10.1. The van der Waals surface area contributed by atoms with E-state index < -0.39 is 9.84 Å². The van der Waals surface area contributed by atoms with Crippen LogP contribution in [0.25, 0.3) is 0 Å². The van der Waals surface area contributed by atoms with Crippen LogP contribution in [0.2, 0.25) is 5.02 Å². The van der Waals surface area contributed by atoms with Crippen molar-refractivity contribution in [1.29, 1.82) is 0 Å². The van der Waals surface area contributed by atoms with Crippen LogP contribution >= 0.6 is 23.1 Å². The van der Waals surface area contributed by atoms with Gasteiger partial charge in [-0.15, -0.1) is 0 Å². The molecule has 5 nitrogen and oxygen atoms in total. The average Bonchev–Trinajstić information content (AvgIpc) is 2.70. The number of nitrogens with two attached hydrogens (primary N) is 1. The minimum Gasteiger partial charge on any atom is -0.382 e. The highest BCUT2D eigenvalue weighted by molar-refractivity contribution is 7.91. The molecule has 0 saturated heterocycles. The van der Waals surface area contributed by atoms with Crippen LogP contribution in [0.3, 0.4) is 0 Å². The molecule has 0 amide bonds. The van der Waals surface area contributed by atoms with Crippen molar-refractivity contribution in [1.82, 2.24) is 4.37 Å². The van der Waals surface area contributed by atoms with E-state index in [4.69, 9.17) is 17.3 Å². The maximum Gasteiger partial charge on any atom is 0.182 e. The average molecular weight is 332 g/mol. The molecule has 0 bridgehead atoms. The Morgan fingerprint density at radius 3 is 2.50 bits per heavy atom. The number of hydrogen-bond donors (Lipinski definition) is 2. The molecule has 0 fully saturated rings. The monoisotopic (exact) mass is 331 g/mol. The van der Waals surface area contributed by atoms with Crippen LogP contribution in [0, 0.1) is 0 Å². The summed E-state index contributed by atoms with van der Waals surface area (Å²) in [5, 5.41) is 4.23. The van der Waals surface area contributed by atoms with Crippen molar-refractivity contribution in [2.75, 3.05) is 17.3 Å². The van der Waals surface area contributed by atoms with Crippen molar-refractivity contribution >= 4 is 43.8 Å². The minimum atomic E-state index is -3.42. The second kappa shape index (κ2) is 5.59. The smallest absolute Gasteiger partial charge is 0.182 e. The zero-order valence-corrected chi connectivity index (χ0v) is 13.3. The molecule has 1 aromatic heterocycles. The Balaban J connectivity index is 2.29. The van der Waals surface area contributed by atoms with E-state index in [0.29, 0.717) is 10.0 Å². The Bertz CT molecular complexity index is 711. The maximum atomic E-state index is 11.7. The molecular formula is C12H14ClN3O2S2. The molecule has 2 rings (SSSR count). The normalized spacial score (nSPS) is 13.2. The fourth-order valence-corrected chi connectivity index (χ4v) is 4.04. The highest BCUT2D eigenvalue weighted by Crippen LogP contribution is 2.34. The van der Waals surface area contributed by atoms with Gasteiger partial charge in [-0.3, -0.25) is 0 Å². The third kappa shape index (κ3) is 3.23. The molecule has 0 spiro atoms. The Morgan fingerprint density at radius 2 is 1.95 bits per heavy atom. The van der Waals surface area contributed by atoms with E-state index in [9.17, 15) is 8.42 Å². The lowest BCUT2D eigenvalue weighted by Gasteiger charge is -2.15. The molecule has 0 aliphatic rings. The third-order valence-electron chi connectivity index (χ3n) is 2.76. The van der Waals surface area contributed by atoms with Gasteiger partial charge < -0.3 is 11.1 Å². The Labute approximate surface area is 126 Å². The zero-order valence-electron chi connectivity index (χ0n) is 10.9. The molecule has 3 N–H and O–H groups in total. The van der Waals surface area contributed by atoms with Gasteiger partial charge in [-0.2, -0.15) is 4.37 Å². The number of nitrogens with one attached hydrogen (secondary N) is 1. The second-order valence-electron chi connectivity index (χ2n) is 4.42. The van der Waals surface area contributed by atoms with Crippen LogP contribution in [0.1, 0.15) is 18.5 Å². The first-order chi connectivity index (χ1) is 9.29. The molecule has 1 atom stereocenters. The van der Waals surface area contributed by atoms with Gasteiger partial charge in [-0.25, -0.2) is 8.42 Å². The first kappa shape index (κ1) is 15.1. The number of halogens is 1. The summed E-state index contributed by atoms with van der Waals surface area (Å²) >= 11 is 6.88. The fourth-order valence-electron chi connectivity index (χ4n) is 1.78. The number of rotatable bonds is 4. The van der Waals surface area contributed by atoms with Crippen LogP contribution < -0.4 is 11.1 Å². The van der Waals surface area contributed by atoms with Gasteiger partial charge in [0, 0.05) is 17.3 Å². The molecule has 2 aromatic rings. The van der Waals surface area contributed by atoms with Gasteiger partial charge in [-0.05, 0) is 36.2 Å². The van der Waals surface area contributed by atoms with Crippen molar-refractivity contribution < 1.29 is 8.42 Å². The predicted octanol–water partition coefficient (Wildman–Crippen LogP) is 2.96. The Kier molecular flexibility index (Phi) is 4.22. The molecule has 20 heavy (non-hydrogen) atoms. The lowest BCUT2D eigenvalue weighted by Crippen LogP contribution is -2.09. The topological polar surface area (TPSA) is 85.1 Å². The molecule has 0 saturated carbocycles. The van der Waals surface area contributed by atoms with E-state index >= 15 is 0 Å². The number of nitrogens with zero attached hydrogens (tertiary/aromatic N) is 1. The standard InChI is InChI=1S/C12H14ClN3O2S2/c1-7(8-3-5-9(13)6-4-8)15-12-10(20(2,17)18)11(14)16-19-12/h3-7,15H,1-2H3,(H2,14,16). The van der Waals surface area contributed by atoms with Crippen molar-refractivity contribution in [3.63, 3.8) is 0 Å². The number of anilines is 2. The SMILES string of the molecule is CC(Nc1snc(N)c1S(C)(=O)=O)c1ccc(Cl)cc1. The molecule has 8 heteroatoms. The van der Waals surface area contributed by atoms with Gasteiger partial charge in [0.15, 0.2) is 15.7 Å². The quantitative estimate of drug-likeness (QED) is 0.899. The number of sulfone groups is 1. The summed E-state index contributed by atoms with van der Waals surface area (Å²) in [7, 11) is -3.42. The number of nitrogen functional groups attached to an aromatic ring is 1. The lowest BCUT2D eigenvalue weighted by molar-refractivity contribution is 0.602. The van der Waals surface area contributed by atoms with Crippen molar-refractivity contribution in [3.8, 4) is 0 Å². The van der Waals surface area contributed by atoms with Gasteiger partial charge in [0.2, 0.25) is 0 Å². The number of hydrogen-bond acceptors (Lipinski definition) is 6. The molecule has 108 valence electrons. The first-order valence-electron chi connectivity index (χ1n) is 5.76. The third-order valence-corrected chi connectivity index (χ3v) is 5.09. The molecule has 0 aliphatic heterocycles. The first-order valence-corrected chi connectivity index (χ1v) is 8.80. The molecule has 0 radical (unpaired) electrons. The Morgan fingerprint density at radius 1 is 1.35 bits per heavy atom. The highest BCUT2D eigenvalue weighted by atomic mass is 35.5. The van der Waals surface area contributed by atoms with Gasteiger partial charge >= 0.3 is 0 Å². The summed E-state index contributed by atoms with van der Waals surface area (Å²) in [6, 6.07) is 7.24. The van der Waals surface area contributed by atoms with Crippen LogP contribution in [0.4, 0.5) is 10.8 Å². The van der Waals surface area contributed by atoms with Gasteiger partial charge in [0.25, 0.3) is 0 Å². The van der Waals surface area contributed by atoms with Crippen LogP contribution in [-0.4, -0.2) is 19.0 Å². The summed E-state index contributed by atoms with van der Waals surface area (Å²) in [6.45, 7) is 1.92. The summed E-state index contributed by atoms with van der Waals surface area (Å²) in [5.41, 5.74) is 6.61. The molecule has 1 unspecified atom stereocenters. The van der Waals surface area contributed by atoms with E-state index in [1.807, 2.05) is 19.1 Å². The Hall–Kier alpha value is -1.31. The highest BCUT2D eigenvalue weighted by Gasteiger charge is 2.22. The summed E-state index contributed by atoms with van der Waals surface area (Å²) in [5.74, 6) is 0.0308. The molecule has 0 aliphatic carbocycles. The fraction of sp³-hybridized carbons (Fsp3) is 0.250. The van der Waals surface area contributed by atoms with Gasteiger partial charge in [0.05, 0.1) is 0 Å². The zero-order chi connectivity index (χ0) is 14.9. The number of benzene rings is 1. The minimum absolute atomic E-state index is 0.0308. The van der Waals surface area contributed by atoms with Crippen LogP contribution in [0.15, 0.2) is 29.2 Å². The molecule has 1 heterocycles. The van der Waals surface area contributed by atoms with Crippen LogP contribution in [0.5, 0.6) is 0 Å². The predicted molar refractivity (Wildman–Crippen MR) is 83.1 cm³/mol. The van der Waals surface area contributed by atoms with Gasteiger partial charge in [-0.1, -0.05) is 23.7 Å². The molecule has 1 aromatic carbocycles. The van der Waals surface area contributed by atoms with E-state index in [0.717, 1.165) is 23.4 Å². The van der Waals surface area contributed by atoms with Crippen molar-refractivity contribution in [3.05, 3.63) is 34.9 Å². The summed E-state index contributed by atoms with van der Waals surface area (Å²) < 4.78 is 27.4. The summed E-state index contributed by atoms with van der Waals surface area (Å²) in [6.07, 6.45) is 1.12. The summed E-state index contributed by atoms with van der Waals surface area (Å²) in [4.78, 5) is 0.0586. The number of aromatic nitrogens is 1. The van der Waals surface area contributed by atoms with E-state index in [-0.39, 0.29) is 16.8 Å². The van der Waals surface area contributed by atoms with E-state index in [1.165, 1.54) is 0 Å². The van der Waals surface area contributed by atoms with Crippen molar-refractivity contribution in [2.24, 2.45) is 0 Å². The van der Waals surface area contributed by atoms with E-state index in [2.05, 4.69) is 9.69 Å². The van der Waals surface area contributed by atoms with Crippen molar-refractivity contribution in [2.45, 2.75) is 17.9 Å².